The molecule has 6 heteroatoms. The first-order valence-corrected chi connectivity index (χ1v) is 8.76. The van der Waals surface area contributed by atoms with E-state index in [4.69, 9.17) is 21.1 Å². The van der Waals surface area contributed by atoms with Crippen LogP contribution in [0.5, 0.6) is 0 Å². The van der Waals surface area contributed by atoms with Crippen molar-refractivity contribution in [3.63, 3.8) is 0 Å². The predicted molar refractivity (Wildman–Crippen MR) is 91.7 cm³/mol. The second-order valence-corrected chi connectivity index (χ2v) is 6.21. The summed E-state index contributed by atoms with van der Waals surface area (Å²) in [4.78, 5) is 24.9. The summed E-state index contributed by atoms with van der Waals surface area (Å²) in [5.74, 6) is -1.23. The van der Waals surface area contributed by atoms with Crippen molar-refractivity contribution in [3.05, 3.63) is 34.9 Å². The fourth-order valence-corrected chi connectivity index (χ4v) is 3.49. The summed E-state index contributed by atoms with van der Waals surface area (Å²) < 4.78 is 10.4. The number of carbonyl (C=O) groups excluding carboxylic acids is 2. The summed E-state index contributed by atoms with van der Waals surface area (Å²) in [6.45, 7) is 6.13. The average Bonchev–Trinajstić information content (AvgIpc) is 2.95. The van der Waals surface area contributed by atoms with Crippen LogP contribution >= 0.6 is 11.6 Å². The van der Waals surface area contributed by atoms with Gasteiger partial charge in [-0.3, -0.25) is 14.9 Å². The van der Waals surface area contributed by atoms with E-state index in [0.717, 1.165) is 5.56 Å². The smallest absolute Gasteiger partial charge is 0.323 e. The van der Waals surface area contributed by atoms with Crippen molar-refractivity contribution < 1.29 is 19.1 Å². The Labute approximate surface area is 147 Å². The van der Waals surface area contributed by atoms with Gasteiger partial charge in [0.1, 0.15) is 6.04 Å². The molecule has 5 nitrogen and oxygen atoms in total. The van der Waals surface area contributed by atoms with Crippen LogP contribution < -0.4 is 5.32 Å². The highest BCUT2D eigenvalue weighted by atomic mass is 35.5. The van der Waals surface area contributed by atoms with Crippen molar-refractivity contribution in [3.8, 4) is 0 Å². The van der Waals surface area contributed by atoms with Crippen LogP contribution in [0, 0.1) is 11.8 Å². The number of benzene rings is 1. The maximum atomic E-state index is 12.6. The Morgan fingerprint density at radius 1 is 1.04 bits per heavy atom. The number of halogens is 1. The molecule has 1 fully saturated rings. The largest absolute Gasteiger partial charge is 0.466 e. The predicted octanol–water partition coefficient (Wildman–Crippen LogP) is 3.12. The molecule has 0 aliphatic carbocycles. The zero-order valence-corrected chi connectivity index (χ0v) is 15.0. The van der Waals surface area contributed by atoms with Crippen LogP contribution in [0.25, 0.3) is 0 Å². The number of ether oxygens (including phenoxy) is 2. The second-order valence-electron chi connectivity index (χ2n) is 5.78. The molecule has 1 heterocycles. The first kappa shape index (κ1) is 18.7. The lowest BCUT2D eigenvalue weighted by atomic mass is 9.83. The Kier molecular flexibility index (Phi) is 6.63. The van der Waals surface area contributed by atoms with E-state index < -0.39 is 12.0 Å². The summed E-state index contributed by atoms with van der Waals surface area (Å²) in [7, 11) is 0. The number of carbonyl (C=O) groups is 2. The van der Waals surface area contributed by atoms with Crippen LogP contribution in [0.1, 0.15) is 38.8 Å². The maximum absolute atomic E-state index is 12.6. The molecule has 1 saturated heterocycles. The Morgan fingerprint density at radius 3 is 2.17 bits per heavy atom. The zero-order valence-electron chi connectivity index (χ0n) is 14.3. The molecular formula is C18H24ClNO4. The molecule has 4 unspecified atom stereocenters. The Morgan fingerprint density at radius 2 is 1.62 bits per heavy atom. The molecule has 0 radical (unpaired) electrons. The summed E-state index contributed by atoms with van der Waals surface area (Å²) >= 11 is 5.96. The fourth-order valence-electron chi connectivity index (χ4n) is 3.36. The minimum atomic E-state index is -0.523. The quantitative estimate of drug-likeness (QED) is 0.796. The first-order chi connectivity index (χ1) is 11.5. The Bertz CT molecular complexity index is 575. The molecule has 0 bridgehead atoms. The maximum Gasteiger partial charge on any atom is 0.323 e. The molecule has 2 rings (SSSR count). The minimum Gasteiger partial charge on any atom is -0.466 e. The van der Waals surface area contributed by atoms with Gasteiger partial charge in [-0.1, -0.05) is 37.1 Å². The topological polar surface area (TPSA) is 64.6 Å². The van der Waals surface area contributed by atoms with E-state index in [-0.39, 0.29) is 23.9 Å². The highest BCUT2D eigenvalue weighted by molar-refractivity contribution is 6.30. The third-order valence-corrected chi connectivity index (χ3v) is 4.66. The van der Waals surface area contributed by atoms with Gasteiger partial charge < -0.3 is 9.47 Å². The van der Waals surface area contributed by atoms with Gasteiger partial charge in [0.2, 0.25) is 0 Å². The molecule has 1 aromatic rings. The van der Waals surface area contributed by atoms with Crippen molar-refractivity contribution in [1.29, 1.82) is 0 Å². The molecule has 24 heavy (non-hydrogen) atoms. The molecule has 132 valence electrons. The number of nitrogens with one attached hydrogen (secondary N) is 1. The van der Waals surface area contributed by atoms with Gasteiger partial charge in [0.15, 0.2) is 0 Å². The number of esters is 2. The van der Waals surface area contributed by atoms with Gasteiger partial charge in [0.05, 0.1) is 19.1 Å². The van der Waals surface area contributed by atoms with Gasteiger partial charge in [-0.25, -0.2) is 0 Å². The van der Waals surface area contributed by atoms with E-state index in [1.807, 2.05) is 19.1 Å². The lowest BCUT2D eigenvalue weighted by Crippen LogP contribution is -2.38. The molecule has 0 aromatic heterocycles. The summed E-state index contributed by atoms with van der Waals surface area (Å²) in [5, 5.41) is 3.91. The molecule has 1 aromatic carbocycles. The average molecular weight is 354 g/mol. The standard InChI is InChI=1S/C18H24ClNO4/c1-4-13-14(17(21)23-5-2)15(11-7-9-12(19)10-8-11)20-16(13)18(22)24-6-3/h7-10,13-16,20H,4-6H2,1-3H3. The lowest BCUT2D eigenvalue weighted by molar-refractivity contribution is -0.151. The van der Waals surface area contributed by atoms with Gasteiger partial charge in [0.25, 0.3) is 0 Å². The number of rotatable bonds is 6. The molecule has 4 atom stereocenters. The van der Waals surface area contributed by atoms with Gasteiger partial charge in [0, 0.05) is 11.1 Å². The number of hydrogen-bond donors (Lipinski definition) is 1. The minimum absolute atomic E-state index is 0.177. The van der Waals surface area contributed by atoms with Crippen molar-refractivity contribution in [2.45, 2.75) is 39.3 Å². The van der Waals surface area contributed by atoms with Crippen LogP contribution in [-0.4, -0.2) is 31.2 Å². The highest BCUT2D eigenvalue weighted by Crippen LogP contribution is 2.40. The van der Waals surface area contributed by atoms with Crippen LogP contribution in [0.2, 0.25) is 5.02 Å². The molecular weight excluding hydrogens is 330 g/mol. The highest BCUT2D eigenvalue weighted by Gasteiger charge is 2.50. The summed E-state index contributed by atoms with van der Waals surface area (Å²) in [5.41, 5.74) is 0.905. The van der Waals surface area contributed by atoms with Gasteiger partial charge in [-0.05, 0) is 37.5 Å². The molecule has 0 amide bonds. The fraction of sp³-hybridized carbons (Fsp3) is 0.556. The normalized spacial score (nSPS) is 26.2. The summed E-state index contributed by atoms with van der Waals surface area (Å²) in [6.07, 6.45) is 0.671. The summed E-state index contributed by atoms with van der Waals surface area (Å²) in [6, 6.07) is 6.46. The lowest BCUT2D eigenvalue weighted by Gasteiger charge is -2.22. The molecule has 0 saturated carbocycles. The van der Waals surface area contributed by atoms with E-state index in [0.29, 0.717) is 24.7 Å². The SMILES string of the molecule is CCOC(=O)C1NC(c2ccc(Cl)cc2)C(C(=O)OCC)C1CC. The second kappa shape index (κ2) is 8.49. The van der Waals surface area contributed by atoms with E-state index in [9.17, 15) is 9.59 Å². The molecule has 1 aliphatic rings. The van der Waals surface area contributed by atoms with E-state index >= 15 is 0 Å². The van der Waals surface area contributed by atoms with Gasteiger partial charge in [-0.15, -0.1) is 0 Å². The van der Waals surface area contributed by atoms with Gasteiger partial charge in [-0.2, -0.15) is 0 Å². The third-order valence-electron chi connectivity index (χ3n) is 4.41. The van der Waals surface area contributed by atoms with Crippen molar-refractivity contribution in [2.24, 2.45) is 11.8 Å². The van der Waals surface area contributed by atoms with Crippen LogP contribution in [0.3, 0.4) is 0 Å². The van der Waals surface area contributed by atoms with Gasteiger partial charge >= 0.3 is 11.9 Å². The number of hydrogen-bond acceptors (Lipinski definition) is 5. The van der Waals surface area contributed by atoms with Crippen molar-refractivity contribution >= 4 is 23.5 Å². The molecule has 0 spiro atoms. The Hall–Kier alpha value is -1.59. The van der Waals surface area contributed by atoms with E-state index in [1.54, 1.807) is 26.0 Å². The van der Waals surface area contributed by atoms with E-state index in [1.165, 1.54) is 0 Å². The zero-order chi connectivity index (χ0) is 17.7. The Balaban J connectivity index is 2.36. The van der Waals surface area contributed by atoms with Crippen molar-refractivity contribution in [1.82, 2.24) is 5.32 Å². The first-order valence-electron chi connectivity index (χ1n) is 8.38. The van der Waals surface area contributed by atoms with Crippen molar-refractivity contribution in [2.75, 3.05) is 13.2 Å². The monoisotopic (exact) mass is 353 g/mol. The molecule has 1 aliphatic heterocycles. The van der Waals surface area contributed by atoms with Crippen LogP contribution in [0.4, 0.5) is 0 Å². The van der Waals surface area contributed by atoms with E-state index in [2.05, 4.69) is 5.32 Å². The van der Waals surface area contributed by atoms with Crippen LogP contribution in [-0.2, 0) is 19.1 Å². The van der Waals surface area contributed by atoms with Crippen LogP contribution in [0.15, 0.2) is 24.3 Å². The molecule has 1 N–H and O–H groups in total. The third kappa shape index (κ3) is 3.90.